The molecule has 3 aliphatic rings. The van der Waals surface area contributed by atoms with Crippen LogP contribution in [-0.4, -0.2) is 53.5 Å². The van der Waals surface area contributed by atoms with Gasteiger partial charge in [-0.05, 0) is 28.3 Å². The molecule has 1 aromatic carbocycles. The quantitative estimate of drug-likeness (QED) is 0.549. The van der Waals surface area contributed by atoms with E-state index in [1.54, 1.807) is 12.1 Å². The largest absolute Gasteiger partial charge is 0.388 e. The molecular weight excluding hydrogens is 336 g/mol. The molecule has 6 nitrogen and oxygen atoms in total. The lowest BCUT2D eigenvalue weighted by Gasteiger charge is -2.24. The van der Waals surface area contributed by atoms with Crippen LogP contribution in [0.1, 0.15) is 59.8 Å². The molecule has 142 valence electrons. The minimum absolute atomic E-state index is 0.0578. The van der Waals surface area contributed by atoms with Gasteiger partial charge in [0.25, 0.3) is 0 Å². The van der Waals surface area contributed by atoms with Gasteiger partial charge in [-0.25, -0.2) is 0 Å². The fourth-order valence-electron chi connectivity index (χ4n) is 3.49. The molecule has 6 unspecified atom stereocenters. The average molecular weight is 362 g/mol. The first-order valence-electron chi connectivity index (χ1n) is 9.24. The number of aliphatic hydroxyl groups is 3. The second-order valence-electron chi connectivity index (χ2n) is 7.44. The van der Waals surface area contributed by atoms with Crippen molar-refractivity contribution in [1.29, 1.82) is 0 Å². The molecule has 0 bridgehead atoms. The van der Waals surface area contributed by atoms with Crippen LogP contribution in [0.2, 0.25) is 0 Å². The topological polar surface area (TPSA) is 98.3 Å². The number of rotatable bonds is 10. The third kappa shape index (κ3) is 4.34. The maximum absolute atomic E-state index is 10.8. The van der Waals surface area contributed by atoms with Gasteiger partial charge in [0, 0.05) is 19.3 Å². The van der Waals surface area contributed by atoms with Gasteiger partial charge in [0.15, 0.2) is 0 Å². The van der Waals surface area contributed by atoms with Crippen molar-refractivity contribution >= 4 is 6.08 Å². The fraction of sp³-hybridized carbons (Fsp3) is 0.600. The van der Waals surface area contributed by atoms with E-state index in [1.165, 1.54) is 0 Å². The van der Waals surface area contributed by atoms with E-state index in [2.05, 4.69) is 6.58 Å². The van der Waals surface area contributed by atoms with Gasteiger partial charge < -0.3 is 29.5 Å². The first-order chi connectivity index (χ1) is 12.5. The molecule has 6 atom stereocenters. The van der Waals surface area contributed by atoms with Gasteiger partial charge in [-0.1, -0.05) is 18.7 Å². The van der Waals surface area contributed by atoms with Crippen molar-refractivity contribution in [1.82, 2.24) is 0 Å². The Hall–Kier alpha value is -1.28. The predicted molar refractivity (Wildman–Crippen MR) is 94.5 cm³/mol. The van der Waals surface area contributed by atoms with Crippen molar-refractivity contribution < 1.29 is 29.5 Å². The summed E-state index contributed by atoms with van der Waals surface area (Å²) in [5.41, 5.74) is 2.75. The van der Waals surface area contributed by atoms with Gasteiger partial charge in [-0.3, -0.25) is 0 Å². The number of aliphatic hydroxyl groups excluding tert-OH is 3. The molecule has 0 spiro atoms. The summed E-state index contributed by atoms with van der Waals surface area (Å²) in [4.78, 5) is 0. The molecule has 3 N–H and O–H groups in total. The third-order valence-electron chi connectivity index (χ3n) is 5.23. The highest BCUT2D eigenvalue weighted by Crippen LogP contribution is 2.38. The van der Waals surface area contributed by atoms with E-state index in [4.69, 9.17) is 14.2 Å². The van der Waals surface area contributed by atoms with Crippen LogP contribution in [0.3, 0.4) is 0 Å². The second kappa shape index (κ2) is 7.38. The van der Waals surface area contributed by atoms with Crippen LogP contribution in [0.5, 0.6) is 0 Å². The molecule has 3 saturated heterocycles. The van der Waals surface area contributed by atoms with Crippen LogP contribution >= 0.6 is 0 Å². The predicted octanol–water partition coefficient (Wildman–Crippen LogP) is 1.80. The van der Waals surface area contributed by atoms with E-state index < -0.39 is 18.3 Å². The van der Waals surface area contributed by atoms with Gasteiger partial charge in [-0.15, -0.1) is 0 Å². The van der Waals surface area contributed by atoms with Crippen molar-refractivity contribution in [2.45, 2.75) is 55.9 Å². The zero-order valence-corrected chi connectivity index (χ0v) is 14.7. The summed E-state index contributed by atoms with van der Waals surface area (Å²) >= 11 is 0. The highest BCUT2D eigenvalue weighted by molar-refractivity contribution is 5.58. The average Bonchev–Trinajstić information content (AvgIpc) is 3.42. The molecule has 0 aromatic heterocycles. The molecule has 3 heterocycles. The van der Waals surface area contributed by atoms with Gasteiger partial charge >= 0.3 is 0 Å². The molecule has 0 aliphatic carbocycles. The molecular formula is C20H26O6. The van der Waals surface area contributed by atoms with Gasteiger partial charge in [0.2, 0.25) is 0 Å². The summed E-state index contributed by atoms with van der Waals surface area (Å²) in [6.07, 6.45) is 1.17. The number of hydrogen-bond acceptors (Lipinski definition) is 6. The van der Waals surface area contributed by atoms with Crippen LogP contribution in [-0.2, 0) is 14.2 Å². The van der Waals surface area contributed by atoms with E-state index in [1.807, 2.05) is 6.07 Å². The lowest BCUT2D eigenvalue weighted by molar-refractivity contribution is 0.129. The maximum Gasteiger partial charge on any atom is 0.0837 e. The standard InChI is InChI=1S/C20H26O6/c1-2-11-3-12(17(21)5-13-8-24-13)4-16(18(22)6-14-9-25-14)20(11)19(23)7-15-10-26-15/h2-4,13-15,17-19,21-23H,1,5-10H2. The monoisotopic (exact) mass is 362 g/mol. The summed E-state index contributed by atoms with van der Waals surface area (Å²) in [6.45, 7) is 5.85. The molecule has 3 fully saturated rings. The van der Waals surface area contributed by atoms with Crippen molar-refractivity contribution in [2.75, 3.05) is 19.8 Å². The van der Waals surface area contributed by atoms with Gasteiger partial charge in [0.1, 0.15) is 0 Å². The summed E-state index contributed by atoms with van der Waals surface area (Å²) in [5.74, 6) is 0. The molecule has 3 aliphatic heterocycles. The van der Waals surface area contributed by atoms with Crippen LogP contribution in [0.15, 0.2) is 18.7 Å². The molecule has 1 aromatic rings. The van der Waals surface area contributed by atoms with Gasteiger partial charge in [0.05, 0.1) is 56.4 Å². The Morgan fingerprint density at radius 2 is 1.38 bits per heavy atom. The molecule has 0 saturated carbocycles. The second-order valence-corrected chi connectivity index (χ2v) is 7.44. The minimum Gasteiger partial charge on any atom is -0.388 e. The lowest BCUT2D eigenvalue weighted by atomic mass is 9.86. The first kappa shape index (κ1) is 18.1. The van der Waals surface area contributed by atoms with Crippen LogP contribution in [0, 0.1) is 0 Å². The van der Waals surface area contributed by atoms with E-state index in [-0.39, 0.29) is 18.3 Å². The molecule has 6 heteroatoms. The Morgan fingerprint density at radius 3 is 1.88 bits per heavy atom. The Morgan fingerprint density at radius 1 is 0.885 bits per heavy atom. The molecule has 4 rings (SSSR count). The zero-order chi connectivity index (χ0) is 18.3. The highest BCUT2D eigenvalue weighted by atomic mass is 16.6. The summed E-state index contributed by atoms with van der Waals surface area (Å²) in [6, 6.07) is 3.65. The summed E-state index contributed by atoms with van der Waals surface area (Å²) in [5, 5.41) is 32.1. The summed E-state index contributed by atoms with van der Waals surface area (Å²) < 4.78 is 15.7. The van der Waals surface area contributed by atoms with E-state index >= 15 is 0 Å². The van der Waals surface area contributed by atoms with E-state index in [0.29, 0.717) is 55.8 Å². The summed E-state index contributed by atoms with van der Waals surface area (Å²) in [7, 11) is 0. The lowest BCUT2D eigenvalue weighted by Crippen LogP contribution is -2.14. The Labute approximate surface area is 153 Å². The fourth-order valence-corrected chi connectivity index (χ4v) is 3.49. The van der Waals surface area contributed by atoms with Crippen molar-refractivity contribution in [2.24, 2.45) is 0 Å². The van der Waals surface area contributed by atoms with E-state index in [0.717, 1.165) is 5.56 Å². The highest BCUT2D eigenvalue weighted by Gasteiger charge is 2.33. The normalized spacial score (nSPS) is 29.7. The zero-order valence-electron chi connectivity index (χ0n) is 14.7. The van der Waals surface area contributed by atoms with Crippen molar-refractivity contribution in [3.05, 3.63) is 41.0 Å². The SMILES string of the molecule is C=Cc1cc(C(O)CC2CO2)cc(C(O)CC2CO2)c1C(O)CC1CO1. The van der Waals surface area contributed by atoms with Crippen LogP contribution in [0.25, 0.3) is 6.08 Å². The van der Waals surface area contributed by atoms with Gasteiger partial charge in [-0.2, -0.15) is 0 Å². The van der Waals surface area contributed by atoms with E-state index in [9.17, 15) is 15.3 Å². The molecule has 26 heavy (non-hydrogen) atoms. The number of epoxide rings is 3. The number of hydrogen-bond donors (Lipinski definition) is 3. The Bertz CT molecular complexity index is 663. The maximum atomic E-state index is 10.8. The first-order valence-corrected chi connectivity index (χ1v) is 9.24. The van der Waals surface area contributed by atoms with Crippen LogP contribution in [0.4, 0.5) is 0 Å². The number of ether oxygens (including phenoxy) is 3. The Balaban J connectivity index is 1.66. The smallest absolute Gasteiger partial charge is 0.0837 e. The minimum atomic E-state index is -0.768. The number of benzene rings is 1. The van der Waals surface area contributed by atoms with Crippen molar-refractivity contribution in [3.8, 4) is 0 Å². The molecule has 0 amide bonds. The van der Waals surface area contributed by atoms with Crippen molar-refractivity contribution in [3.63, 3.8) is 0 Å². The van der Waals surface area contributed by atoms with Crippen LogP contribution < -0.4 is 0 Å². The Kier molecular flexibility index (Phi) is 5.14. The third-order valence-corrected chi connectivity index (χ3v) is 5.23. The molecule has 0 radical (unpaired) electrons.